The van der Waals surface area contributed by atoms with Crippen LogP contribution in [0.1, 0.15) is 23.2 Å². The topological polar surface area (TPSA) is 29.1 Å². The molecule has 1 aliphatic rings. The molecule has 0 saturated carbocycles. The van der Waals surface area contributed by atoms with Gasteiger partial charge in [-0.05, 0) is 31.0 Å². The van der Waals surface area contributed by atoms with E-state index in [2.05, 4.69) is 30.1 Å². The molecule has 0 unspecified atom stereocenters. The van der Waals surface area contributed by atoms with Crippen molar-refractivity contribution in [3.05, 3.63) is 40.9 Å². The molecule has 0 saturated heterocycles. The monoisotopic (exact) mass is 253 g/mol. The molecule has 4 heteroatoms. The van der Waals surface area contributed by atoms with Gasteiger partial charge in [-0.25, -0.2) is 0 Å². The van der Waals surface area contributed by atoms with Crippen LogP contribution in [0.15, 0.2) is 35.2 Å². The van der Waals surface area contributed by atoms with Crippen molar-refractivity contribution in [2.45, 2.75) is 23.8 Å². The molecule has 1 N–H and O–H groups in total. The molecule has 0 spiro atoms. The molecule has 1 aromatic carbocycles. The summed E-state index contributed by atoms with van der Waals surface area (Å²) in [5.41, 5.74) is 0.487. The fourth-order valence-electron chi connectivity index (χ4n) is 1.69. The van der Waals surface area contributed by atoms with Gasteiger partial charge in [0, 0.05) is 10.9 Å². The number of rotatable bonds is 2. The third-order valence-corrected chi connectivity index (χ3v) is 3.15. The highest BCUT2D eigenvalue weighted by Gasteiger charge is 2.16. The number of thiol groups is 1. The van der Waals surface area contributed by atoms with Crippen molar-refractivity contribution >= 4 is 30.1 Å². The molecule has 2 nitrogen and oxygen atoms in total. The Hall–Kier alpha value is -0.930. The van der Waals surface area contributed by atoms with Gasteiger partial charge >= 0.3 is 0 Å². The maximum atomic E-state index is 11.9. The predicted molar refractivity (Wildman–Crippen MR) is 68.3 cm³/mol. The largest absolute Gasteiger partial charge is 0.349 e. The van der Waals surface area contributed by atoms with Crippen molar-refractivity contribution in [2.24, 2.45) is 0 Å². The molecular weight excluding hydrogens is 242 g/mol. The van der Waals surface area contributed by atoms with Gasteiger partial charge in [0.25, 0.3) is 5.91 Å². The summed E-state index contributed by atoms with van der Waals surface area (Å²) in [7, 11) is 0. The Kier molecular flexibility index (Phi) is 3.56. The standard InChI is InChI=1S/C12H12ClNOS/c13-11-6-5-9(16)7-10(11)12(15)14-8-3-1-2-4-8/h1-2,5-8,16H,3-4H2,(H,14,15). The van der Waals surface area contributed by atoms with Crippen molar-refractivity contribution in [3.8, 4) is 0 Å². The van der Waals surface area contributed by atoms with Gasteiger partial charge in [0.05, 0.1) is 10.6 Å². The van der Waals surface area contributed by atoms with E-state index < -0.39 is 0 Å². The van der Waals surface area contributed by atoms with Gasteiger partial charge in [-0.2, -0.15) is 0 Å². The molecule has 0 bridgehead atoms. The van der Waals surface area contributed by atoms with Gasteiger partial charge in [0.1, 0.15) is 0 Å². The maximum absolute atomic E-state index is 11.9. The van der Waals surface area contributed by atoms with E-state index in [-0.39, 0.29) is 11.9 Å². The fourth-order valence-corrected chi connectivity index (χ4v) is 2.09. The Bertz CT molecular complexity index is 437. The molecule has 0 fully saturated rings. The number of carbonyl (C=O) groups excluding carboxylic acids is 1. The molecule has 1 aromatic rings. The lowest BCUT2D eigenvalue weighted by atomic mass is 10.1. The molecule has 0 atom stereocenters. The summed E-state index contributed by atoms with van der Waals surface area (Å²) in [6.45, 7) is 0. The highest BCUT2D eigenvalue weighted by molar-refractivity contribution is 7.80. The number of benzene rings is 1. The number of hydrogen-bond donors (Lipinski definition) is 2. The molecule has 0 aliphatic heterocycles. The van der Waals surface area contributed by atoms with Crippen LogP contribution in [0.25, 0.3) is 0 Å². The first-order valence-electron chi connectivity index (χ1n) is 5.11. The van der Waals surface area contributed by atoms with Gasteiger partial charge in [0.2, 0.25) is 0 Å². The van der Waals surface area contributed by atoms with Crippen LogP contribution in [-0.4, -0.2) is 11.9 Å². The summed E-state index contributed by atoms with van der Waals surface area (Å²) in [6.07, 6.45) is 5.93. The zero-order valence-corrected chi connectivity index (χ0v) is 10.3. The number of carbonyl (C=O) groups is 1. The summed E-state index contributed by atoms with van der Waals surface area (Å²) < 4.78 is 0. The molecule has 16 heavy (non-hydrogen) atoms. The minimum absolute atomic E-state index is 0.130. The quantitative estimate of drug-likeness (QED) is 0.616. The molecule has 84 valence electrons. The summed E-state index contributed by atoms with van der Waals surface area (Å²) in [5, 5.41) is 3.40. The van der Waals surface area contributed by atoms with Gasteiger partial charge in [-0.1, -0.05) is 23.8 Å². The van der Waals surface area contributed by atoms with Crippen LogP contribution in [0.3, 0.4) is 0 Å². The summed E-state index contributed by atoms with van der Waals surface area (Å²) in [6, 6.07) is 5.33. The van der Waals surface area contributed by atoms with Crippen LogP contribution >= 0.6 is 24.2 Å². The van der Waals surface area contributed by atoms with Crippen LogP contribution < -0.4 is 5.32 Å². The highest BCUT2D eigenvalue weighted by Crippen LogP contribution is 2.20. The first kappa shape index (κ1) is 11.6. The first-order chi connectivity index (χ1) is 7.66. The van der Waals surface area contributed by atoms with Crippen molar-refractivity contribution in [1.29, 1.82) is 0 Å². The number of nitrogens with one attached hydrogen (secondary N) is 1. The van der Waals surface area contributed by atoms with Crippen molar-refractivity contribution in [1.82, 2.24) is 5.32 Å². The average molecular weight is 254 g/mol. The molecular formula is C12H12ClNOS. The van der Waals surface area contributed by atoms with Gasteiger partial charge in [0.15, 0.2) is 0 Å². The second kappa shape index (κ2) is 4.93. The zero-order valence-electron chi connectivity index (χ0n) is 8.61. The van der Waals surface area contributed by atoms with E-state index >= 15 is 0 Å². The van der Waals surface area contributed by atoms with E-state index in [1.54, 1.807) is 18.2 Å². The highest BCUT2D eigenvalue weighted by atomic mass is 35.5. The Morgan fingerprint density at radius 2 is 2.06 bits per heavy atom. The first-order valence-corrected chi connectivity index (χ1v) is 5.93. The lowest BCUT2D eigenvalue weighted by Crippen LogP contribution is -2.33. The third-order valence-electron chi connectivity index (χ3n) is 2.54. The maximum Gasteiger partial charge on any atom is 0.253 e. The lowest BCUT2D eigenvalue weighted by Gasteiger charge is -2.13. The third kappa shape index (κ3) is 2.60. The van der Waals surface area contributed by atoms with E-state index in [0.29, 0.717) is 10.6 Å². The number of halogens is 1. The number of amides is 1. The second-order valence-electron chi connectivity index (χ2n) is 3.78. The van der Waals surface area contributed by atoms with Crippen LogP contribution in [0.2, 0.25) is 5.02 Å². The summed E-state index contributed by atoms with van der Waals surface area (Å²) >= 11 is 10.2. The molecule has 1 aliphatic carbocycles. The van der Waals surface area contributed by atoms with Crippen LogP contribution in [-0.2, 0) is 0 Å². The molecule has 1 amide bonds. The summed E-state index contributed by atoms with van der Waals surface area (Å²) in [5.74, 6) is -0.130. The van der Waals surface area contributed by atoms with Crippen LogP contribution in [0, 0.1) is 0 Å². The Balaban J connectivity index is 2.10. The smallest absolute Gasteiger partial charge is 0.253 e. The zero-order chi connectivity index (χ0) is 11.5. The molecule has 0 aromatic heterocycles. The minimum Gasteiger partial charge on any atom is -0.349 e. The van der Waals surface area contributed by atoms with Crippen LogP contribution in [0.4, 0.5) is 0 Å². The van der Waals surface area contributed by atoms with Gasteiger partial charge in [-0.3, -0.25) is 4.79 Å². The van der Waals surface area contributed by atoms with Gasteiger partial charge in [-0.15, -0.1) is 12.6 Å². The molecule has 0 heterocycles. The Morgan fingerprint density at radius 1 is 1.38 bits per heavy atom. The van der Waals surface area contributed by atoms with Crippen molar-refractivity contribution in [2.75, 3.05) is 0 Å². The average Bonchev–Trinajstić information content (AvgIpc) is 2.74. The van der Waals surface area contributed by atoms with Crippen molar-refractivity contribution in [3.63, 3.8) is 0 Å². The number of hydrogen-bond acceptors (Lipinski definition) is 2. The molecule has 2 rings (SSSR count). The predicted octanol–water partition coefficient (Wildman–Crippen LogP) is 3.08. The normalized spacial score (nSPS) is 15.4. The van der Waals surface area contributed by atoms with E-state index in [1.165, 1.54) is 0 Å². The second-order valence-corrected chi connectivity index (χ2v) is 4.70. The Labute approximate surface area is 105 Å². The van der Waals surface area contributed by atoms with E-state index in [9.17, 15) is 4.79 Å². The van der Waals surface area contributed by atoms with Crippen molar-refractivity contribution < 1.29 is 4.79 Å². The van der Waals surface area contributed by atoms with E-state index in [0.717, 1.165) is 17.7 Å². The van der Waals surface area contributed by atoms with E-state index in [1.807, 2.05) is 0 Å². The lowest BCUT2D eigenvalue weighted by molar-refractivity contribution is 0.0939. The van der Waals surface area contributed by atoms with E-state index in [4.69, 9.17) is 11.6 Å². The summed E-state index contributed by atoms with van der Waals surface area (Å²) in [4.78, 5) is 12.7. The SMILES string of the molecule is O=C(NC1CC=CC1)c1cc(S)ccc1Cl. The fraction of sp³-hybridized carbons (Fsp3) is 0.250. The van der Waals surface area contributed by atoms with Crippen LogP contribution in [0.5, 0.6) is 0 Å². The van der Waals surface area contributed by atoms with Gasteiger partial charge < -0.3 is 5.32 Å². The minimum atomic E-state index is -0.130. The molecule has 0 radical (unpaired) electrons. The Morgan fingerprint density at radius 3 is 2.75 bits per heavy atom.